The Morgan fingerprint density at radius 2 is 1.88 bits per heavy atom. The smallest absolute Gasteiger partial charge is 0.335 e. The van der Waals surface area contributed by atoms with Crippen molar-refractivity contribution in [3.05, 3.63) is 52.5 Å². The third-order valence-electron chi connectivity index (χ3n) is 5.35. The highest BCUT2D eigenvalue weighted by molar-refractivity contribution is 6.34. The molecular weight excluding hydrogens is 352 g/mol. The van der Waals surface area contributed by atoms with E-state index in [1.807, 2.05) is 12.1 Å². The number of carboxylic acids is 1. The number of anilines is 1. The standard InChI is InChI=1S/C20H19ClN2O3/c21-15-8-7-14(12-5-4-6-13(11-12)18(24)25)16-17(15)22-19(26)23-20(16)9-2-1-3-10-20/h4-8,11H,1-3,9-10H2,(H,24,25)(H2,22,23,26). The van der Waals surface area contributed by atoms with Crippen LogP contribution in [-0.2, 0) is 5.54 Å². The monoisotopic (exact) mass is 370 g/mol. The summed E-state index contributed by atoms with van der Waals surface area (Å²) in [6.07, 6.45) is 4.89. The molecule has 0 aromatic heterocycles. The number of carboxylic acid groups (broad SMARTS) is 1. The zero-order chi connectivity index (χ0) is 18.3. The van der Waals surface area contributed by atoms with E-state index in [0.29, 0.717) is 10.7 Å². The quantitative estimate of drug-likeness (QED) is 0.696. The van der Waals surface area contributed by atoms with Gasteiger partial charge in [-0.1, -0.05) is 49.1 Å². The van der Waals surface area contributed by atoms with E-state index >= 15 is 0 Å². The maximum atomic E-state index is 12.3. The number of carbonyl (C=O) groups excluding carboxylic acids is 1. The Balaban J connectivity index is 1.96. The zero-order valence-electron chi connectivity index (χ0n) is 14.1. The van der Waals surface area contributed by atoms with Crippen molar-refractivity contribution in [1.29, 1.82) is 0 Å². The first-order chi connectivity index (χ1) is 12.5. The number of hydrogen-bond donors (Lipinski definition) is 3. The summed E-state index contributed by atoms with van der Waals surface area (Å²) in [5.41, 5.74) is 3.08. The molecule has 0 radical (unpaired) electrons. The Morgan fingerprint density at radius 3 is 2.62 bits per heavy atom. The summed E-state index contributed by atoms with van der Waals surface area (Å²) in [6, 6.07) is 10.3. The summed E-state index contributed by atoms with van der Waals surface area (Å²) in [6.45, 7) is 0. The normalized spacial score (nSPS) is 18.0. The lowest BCUT2D eigenvalue weighted by Gasteiger charge is -2.44. The first-order valence-electron chi connectivity index (χ1n) is 8.76. The summed E-state index contributed by atoms with van der Waals surface area (Å²) < 4.78 is 0. The van der Waals surface area contributed by atoms with Crippen LogP contribution in [0.1, 0.15) is 48.0 Å². The van der Waals surface area contributed by atoms with Gasteiger partial charge in [-0.3, -0.25) is 0 Å². The van der Waals surface area contributed by atoms with Crippen LogP contribution in [-0.4, -0.2) is 17.1 Å². The third kappa shape index (κ3) is 2.72. The molecule has 0 bridgehead atoms. The van der Waals surface area contributed by atoms with Crippen molar-refractivity contribution in [1.82, 2.24) is 5.32 Å². The summed E-state index contributed by atoms with van der Waals surface area (Å²) in [7, 11) is 0. The van der Waals surface area contributed by atoms with Crippen LogP contribution < -0.4 is 10.6 Å². The van der Waals surface area contributed by atoms with Crippen molar-refractivity contribution in [3.8, 4) is 11.1 Å². The van der Waals surface area contributed by atoms with E-state index in [1.54, 1.807) is 24.3 Å². The maximum absolute atomic E-state index is 12.3. The van der Waals surface area contributed by atoms with E-state index in [9.17, 15) is 14.7 Å². The minimum atomic E-state index is -0.964. The topological polar surface area (TPSA) is 78.4 Å². The summed E-state index contributed by atoms with van der Waals surface area (Å²) in [5, 5.41) is 15.8. The molecule has 2 aromatic carbocycles. The second-order valence-electron chi connectivity index (χ2n) is 6.95. The summed E-state index contributed by atoms with van der Waals surface area (Å²) >= 11 is 6.41. The Morgan fingerprint density at radius 1 is 1.12 bits per heavy atom. The van der Waals surface area contributed by atoms with Gasteiger partial charge in [-0.05, 0) is 42.2 Å². The molecule has 26 heavy (non-hydrogen) atoms. The molecule has 1 fully saturated rings. The minimum absolute atomic E-state index is 0.233. The molecule has 5 nitrogen and oxygen atoms in total. The van der Waals surface area contributed by atoms with E-state index in [4.69, 9.17) is 11.6 Å². The molecular formula is C20H19ClN2O3. The number of hydrogen-bond acceptors (Lipinski definition) is 2. The van der Waals surface area contributed by atoms with Crippen LogP contribution in [0.5, 0.6) is 0 Å². The van der Waals surface area contributed by atoms with Crippen LogP contribution in [0, 0.1) is 0 Å². The van der Waals surface area contributed by atoms with Crippen molar-refractivity contribution in [3.63, 3.8) is 0 Å². The van der Waals surface area contributed by atoms with E-state index in [0.717, 1.165) is 48.8 Å². The van der Waals surface area contributed by atoms with Crippen molar-refractivity contribution in [2.45, 2.75) is 37.6 Å². The highest BCUT2D eigenvalue weighted by Gasteiger charge is 2.43. The Bertz CT molecular complexity index is 904. The van der Waals surface area contributed by atoms with Crippen molar-refractivity contribution < 1.29 is 14.7 Å². The number of carbonyl (C=O) groups is 2. The van der Waals surface area contributed by atoms with Gasteiger partial charge in [0.15, 0.2) is 0 Å². The Kier molecular flexibility index (Phi) is 4.11. The predicted molar refractivity (Wildman–Crippen MR) is 101 cm³/mol. The number of fused-ring (bicyclic) bond motifs is 2. The lowest BCUT2D eigenvalue weighted by Crippen LogP contribution is -2.53. The van der Waals surface area contributed by atoms with Gasteiger partial charge in [0.2, 0.25) is 0 Å². The molecule has 134 valence electrons. The highest BCUT2D eigenvalue weighted by atomic mass is 35.5. The van der Waals surface area contributed by atoms with Gasteiger partial charge in [-0.2, -0.15) is 0 Å². The van der Waals surface area contributed by atoms with E-state index < -0.39 is 11.5 Å². The molecule has 1 aliphatic heterocycles. The second-order valence-corrected chi connectivity index (χ2v) is 7.36. The fraction of sp³-hybridized carbons (Fsp3) is 0.300. The lowest BCUT2D eigenvalue weighted by molar-refractivity contribution is 0.0697. The van der Waals surface area contributed by atoms with E-state index in [1.165, 1.54) is 0 Å². The molecule has 0 saturated heterocycles. The molecule has 1 heterocycles. The lowest BCUT2D eigenvalue weighted by atomic mass is 9.72. The van der Waals surface area contributed by atoms with E-state index in [2.05, 4.69) is 10.6 Å². The number of amides is 2. The number of nitrogens with one attached hydrogen (secondary N) is 2. The average Bonchev–Trinajstić information content (AvgIpc) is 2.63. The molecule has 3 N–H and O–H groups in total. The molecule has 4 rings (SSSR count). The second kappa shape index (κ2) is 6.32. The zero-order valence-corrected chi connectivity index (χ0v) is 14.9. The first-order valence-corrected chi connectivity index (χ1v) is 9.14. The van der Waals surface area contributed by atoms with Crippen LogP contribution in [0.3, 0.4) is 0 Å². The predicted octanol–water partition coefficient (Wildman–Crippen LogP) is 5.00. The first kappa shape index (κ1) is 16.9. The average molecular weight is 371 g/mol. The van der Waals surface area contributed by atoms with Crippen LogP contribution >= 0.6 is 11.6 Å². The number of aromatic carboxylic acids is 1. The van der Waals surface area contributed by atoms with Crippen LogP contribution in [0.25, 0.3) is 11.1 Å². The third-order valence-corrected chi connectivity index (χ3v) is 5.67. The number of benzene rings is 2. The van der Waals surface area contributed by atoms with Gasteiger partial charge < -0.3 is 15.7 Å². The molecule has 1 saturated carbocycles. The highest BCUT2D eigenvalue weighted by Crippen LogP contribution is 2.49. The van der Waals surface area contributed by atoms with Gasteiger partial charge in [0.1, 0.15) is 0 Å². The van der Waals surface area contributed by atoms with Crippen LogP contribution in [0.2, 0.25) is 5.02 Å². The van der Waals surface area contributed by atoms with Crippen LogP contribution in [0.4, 0.5) is 10.5 Å². The molecule has 2 aliphatic rings. The Labute approximate surface area is 156 Å². The van der Waals surface area contributed by atoms with Crippen molar-refractivity contribution >= 4 is 29.3 Å². The van der Waals surface area contributed by atoms with E-state index in [-0.39, 0.29) is 11.6 Å². The number of halogens is 1. The van der Waals surface area contributed by atoms with Crippen molar-refractivity contribution in [2.75, 3.05) is 5.32 Å². The molecule has 1 spiro atoms. The number of urea groups is 1. The number of rotatable bonds is 2. The molecule has 0 atom stereocenters. The maximum Gasteiger partial charge on any atom is 0.335 e. The summed E-state index contributed by atoms with van der Waals surface area (Å²) in [4.78, 5) is 23.7. The van der Waals surface area contributed by atoms with Crippen molar-refractivity contribution in [2.24, 2.45) is 0 Å². The van der Waals surface area contributed by atoms with Gasteiger partial charge >= 0.3 is 12.0 Å². The fourth-order valence-corrected chi connectivity index (χ4v) is 4.42. The van der Waals surface area contributed by atoms with Gasteiger partial charge in [0, 0.05) is 5.56 Å². The van der Waals surface area contributed by atoms with Gasteiger partial charge in [0.25, 0.3) is 0 Å². The Hall–Kier alpha value is -2.53. The van der Waals surface area contributed by atoms with Gasteiger partial charge in [-0.25, -0.2) is 9.59 Å². The summed E-state index contributed by atoms with van der Waals surface area (Å²) in [5.74, 6) is -0.964. The van der Waals surface area contributed by atoms with Gasteiger partial charge in [-0.15, -0.1) is 0 Å². The molecule has 6 heteroatoms. The van der Waals surface area contributed by atoms with Crippen LogP contribution in [0.15, 0.2) is 36.4 Å². The largest absolute Gasteiger partial charge is 0.478 e. The molecule has 2 amide bonds. The fourth-order valence-electron chi connectivity index (χ4n) is 4.21. The molecule has 1 aliphatic carbocycles. The van der Waals surface area contributed by atoms with Gasteiger partial charge in [0.05, 0.1) is 21.8 Å². The SMILES string of the molecule is O=C1Nc2c(Cl)ccc(-c3cccc(C(=O)O)c3)c2C2(CCCCC2)N1. The molecule has 2 aromatic rings. The minimum Gasteiger partial charge on any atom is -0.478 e. The molecule has 0 unspecified atom stereocenters.